The van der Waals surface area contributed by atoms with Crippen molar-refractivity contribution in [2.75, 3.05) is 33.5 Å². The highest BCUT2D eigenvalue weighted by Crippen LogP contribution is 2.01. The van der Waals surface area contributed by atoms with Crippen LogP contribution in [0.1, 0.15) is 22.5 Å². The molecule has 0 aliphatic carbocycles. The normalized spacial score (nSPS) is 10.4. The fraction of sp³-hybridized carbons (Fsp3) is 0.538. The van der Waals surface area contributed by atoms with Crippen LogP contribution in [-0.4, -0.2) is 49.5 Å². The van der Waals surface area contributed by atoms with Gasteiger partial charge in [0.2, 0.25) is 0 Å². The first-order valence-electron chi connectivity index (χ1n) is 6.20. The molecule has 1 heterocycles. The Morgan fingerprint density at radius 3 is 2.89 bits per heavy atom. The highest BCUT2D eigenvalue weighted by Gasteiger charge is 2.04. The lowest BCUT2D eigenvalue weighted by Gasteiger charge is -2.05. The molecule has 1 rings (SSSR count). The first-order valence-corrected chi connectivity index (χ1v) is 6.20. The molecule has 1 aromatic heterocycles. The van der Waals surface area contributed by atoms with Crippen molar-refractivity contribution in [2.45, 2.75) is 13.0 Å². The predicted molar refractivity (Wildman–Crippen MR) is 69.8 cm³/mol. The van der Waals surface area contributed by atoms with Gasteiger partial charge >= 0.3 is 5.97 Å². The van der Waals surface area contributed by atoms with Gasteiger partial charge in [-0.2, -0.15) is 0 Å². The monoisotopic (exact) mass is 268 g/mol. The number of hydrogen-bond donors (Lipinski definition) is 2. The zero-order chi connectivity index (χ0) is 13.9. The molecule has 6 heteroatoms. The number of aromatic nitrogens is 1. The van der Waals surface area contributed by atoms with Crippen molar-refractivity contribution in [3.8, 4) is 0 Å². The molecule has 106 valence electrons. The second-order valence-electron chi connectivity index (χ2n) is 3.90. The fourth-order valence-electron chi connectivity index (χ4n) is 1.45. The van der Waals surface area contributed by atoms with Crippen LogP contribution in [0.3, 0.4) is 0 Å². The second-order valence-corrected chi connectivity index (χ2v) is 3.90. The van der Waals surface area contributed by atoms with E-state index in [4.69, 9.17) is 9.84 Å². The average Bonchev–Trinajstić information content (AvgIpc) is 2.46. The van der Waals surface area contributed by atoms with Gasteiger partial charge in [0.1, 0.15) is 0 Å². The molecule has 0 amide bonds. The molecular formula is C13H20N2O4. The molecule has 0 bridgehead atoms. The maximum absolute atomic E-state index is 11.2. The number of carbonyl (C=O) groups excluding carboxylic acids is 1. The number of nitrogens with one attached hydrogen (secondary N) is 1. The van der Waals surface area contributed by atoms with Crippen LogP contribution in [0.15, 0.2) is 18.3 Å². The van der Waals surface area contributed by atoms with Crippen LogP contribution in [0.25, 0.3) is 0 Å². The highest BCUT2D eigenvalue weighted by molar-refractivity contribution is 5.88. The van der Waals surface area contributed by atoms with E-state index in [0.29, 0.717) is 25.3 Å². The minimum absolute atomic E-state index is 0.0594. The van der Waals surface area contributed by atoms with E-state index in [2.05, 4.69) is 15.0 Å². The van der Waals surface area contributed by atoms with Crippen LogP contribution < -0.4 is 5.32 Å². The summed E-state index contributed by atoms with van der Waals surface area (Å²) < 4.78 is 9.73. The van der Waals surface area contributed by atoms with E-state index in [1.165, 1.54) is 13.3 Å². The minimum atomic E-state index is -0.381. The smallest absolute Gasteiger partial charge is 0.339 e. The van der Waals surface area contributed by atoms with Gasteiger partial charge < -0.3 is 19.9 Å². The Bertz CT molecular complexity index is 367. The van der Waals surface area contributed by atoms with Gasteiger partial charge in [0.05, 0.1) is 31.6 Å². The summed E-state index contributed by atoms with van der Waals surface area (Å²) in [6.07, 6.45) is 2.38. The number of hydrogen-bond acceptors (Lipinski definition) is 6. The lowest BCUT2D eigenvalue weighted by molar-refractivity contribution is 0.0600. The van der Waals surface area contributed by atoms with Crippen molar-refractivity contribution in [3.63, 3.8) is 0 Å². The van der Waals surface area contributed by atoms with Gasteiger partial charge in [0.15, 0.2) is 0 Å². The molecule has 0 fully saturated rings. The quantitative estimate of drug-likeness (QED) is 0.497. The Hall–Kier alpha value is -1.50. The first-order chi connectivity index (χ1) is 9.27. The van der Waals surface area contributed by atoms with E-state index in [-0.39, 0.29) is 12.6 Å². The number of pyridine rings is 1. The molecule has 0 atom stereocenters. The van der Waals surface area contributed by atoms with E-state index in [1.54, 1.807) is 12.1 Å². The summed E-state index contributed by atoms with van der Waals surface area (Å²) >= 11 is 0. The standard InChI is InChI=1S/C13H20N2O4/c1-18-13(17)11-3-4-12(15-9-11)10-14-5-2-7-19-8-6-16/h3-4,9,14,16H,2,5-8,10H2,1H3. The molecule has 0 aromatic carbocycles. The maximum atomic E-state index is 11.2. The van der Waals surface area contributed by atoms with Crippen molar-refractivity contribution >= 4 is 5.97 Å². The number of nitrogens with zero attached hydrogens (tertiary/aromatic N) is 1. The van der Waals surface area contributed by atoms with Gasteiger partial charge in [0.25, 0.3) is 0 Å². The number of ether oxygens (including phenoxy) is 2. The Morgan fingerprint density at radius 2 is 2.26 bits per heavy atom. The van der Waals surface area contributed by atoms with Crippen molar-refractivity contribution in [1.29, 1.82) is 0 Å². The summed E-state index contributed by atoms with van der Waals surface area (Å²) in [4.78, 5) is 15.4. The van der Waals surface area contributed by atoms with Crippen LogP contribution in [0.2, 0.25) is 0 Å². The summed E-state index contributed by atoms with van der Waals surface area (Å²) in [7, 11) is 1.34. The highest BCUT2D eigenvalue weighted by atomic mass is 16.5. The van der Waals surface area contributed by atoms with Gasteiger partial charge in [0, 0.05) is 19.3 Å². The van der Waals surface area contributed by atoms with E-state index in [9.17, 15) is 4.79 Å². The molecule has 0 aliphatic heterocycles. The summed E-state index contributed by atoms with van der Waals surface area (Å²) in [5, 5.41) is 11.7. The lowest BCUT2D eigenvalue weighted by Crippen LogP contribution is -2.17. The van der Waals surface area contributed by atoms with Gasteiger partial charge in [-0.3, -0.25) is 4.98 Å². The first kappa shape index (κ1) is 15.6. The third-order valence-electron chi connectivity index (χ3n) is 2.43. The molecule has 0 aliphatic rings. The lowest BCUT2D eigenvalue weighted by atomic mass is 10.2. The summed E-state index contributed by atoms with van der Waals surface area (Å²) in [6, 6.07) is 3.49. The number of carbonyl (C=O) groups is 1. The molecule has 0 radical (unpaired) electrons. The van der Waals surface area contributed by atoms with E-state index >= 15 is 0 Å². The average molecular weight is 268 g/mol. The van der Waals surface area contributed by atoms with Gasteiger partial charge in [-0.1, -0.05) is 0 Å². The van der Waals surface area contributed by atoms with Crippen LogP contribution in [0, 0.1) is 0 Å². The summed E-state index contributed by atoms with van der Waals surface area (Å²) in [5.41, 5.74) is 1.31. The van der Waals surface area contributed by atoms with E-state index in [1.807, 2.05) is 0 Å². The van der Waals surface area contributed by atoms with Crippen LogP contribution >= 0.6 is 0 Å². The predicted octanol–water partition coefficient (Wildman–Crippen LogP) is 0.357. The van der Waals surface area contributed by atoms with Gasteiger partial charge in [-0.25, -0.2) is 4.79 Å². The van der Waals surface area contributed by atoms with Gasteiger partial charge in [-0.05, 0) is 25.1 Å². The van der Waals surface area contributed by atoms with Crippen LogP contribution in [0.4, 0.5) is 0 Å². The van der Waals surface area contributed by atoms with Crippen molar-refractivity contribution < 1.29 is 19.4 Å². The number of aliphatic hydroxyl groups is 1. The number of esters is 1. The molecule has 2 N–H and O–H groups in total. The molecule has 19 heavy (non-hydrogen) atoms. The molecule has 0 spiro atoms. The minimum Gasteiger partial charge on any atom is -0.465 e. The second kappa shape index (κ2) is 9.43. The fourth-order valence-corrected chi connectivity index (χ4v) is 1.45. The summed E-state index contributed by atoms with van der Waals surface area (Å²) in [6.45, 7) is 2.52. The van der Waals surface area contributed by atoms with E-state index in [0.717, 1.165) is 18.7 Å². The van der Waals surface area contributed by atoms with E-state index < -0.39 is 0 Å². The van der Waals surface area contributed by atoms with Crippen LogP contribution in [-0.2, 0) is 16.0 Å². The maximum Gasteiger partial charge on any atom is 0.339 e. The Morgan fingerprint density at radius 1 is 1.42 bits per heavy atom. The Kier molecular flexibility index (Phi) is 7.72. The van der Waals surface area contributed by atoms with Gasteiger partial charge in [-0.15, -0.1) is 0 Å². The molecule has 0 saturated heterocycles. The molecular weight excluding hydrogens is 248 g/mol. The van der Waals surface area contributed by atoms with Crippen molar-refractivity contribution in [3.05, 3.63) is 29.6 Å². The Balaban J connectivity index is 2.18. The number of rotatable bonds is 9. The zero-order valence-electron chi connectivity index (χ0n) is 11.1. The Labute approximate surface area is 112 Å². The van der Waals surface area contributed by atoms with Crippen molar-refractivity contribution in [2.24, 2.45) is 0 Å². The number of methoxy groups -OCH3 is 1. The summed E-state index contributed by atoms with van der Waals surface area (Å²) in [5.74, 6) is -0.381. The van der Waals surface area contributed by atoms with Crippen molar-refractivity contribution in [1.82, 2.24) is 10.3 Å². The SMILES string of the molecule is COC(=O)c1ccc(CNCCCOCCO)nc1. The molecule has 6 nitrogen and oxygen atoms in total. The third kappa shape index (κ3) is 6.28. The molecule has 0 saturated carbocycles. The molecule has 1 aromatic rings. The zero-order valence-corrected chi connectivity index (χ0v) is 11.1. The topological polar surface area (TPSA) is 80.7 Å². The number of aliphatic hydroxyl groups excluding tert-OH is 1. The third-order valence-corrected chi connectivity index (χ3v) is 2.43. The molecule has 0 unspecified atom stereocenters. The van der Waals surface area contributed by atoms with Crippen LogP contribution in [0.5, 0.6) is 0 Å². The largest absolute Gasteiger partial charge is 0.465 e.